The molecule has 0 saturated heterocycles. The first-order valence-electron chi connectivity index (χ1n) is 5.35. The number of hydrogen-bond donors (Lipinski definition) is 1. The number of hydrogen-bond acceptors (Lipinski definition) is 2. The molecule has 1 aliphatic rings. The Morgan fingerprint density at radius 3 is 2.65 bits per heavy atom. The Balaban J connectivity index is 2.52. The Kier molecular flexibility index (Phi) is 2.81. The monoisotopic (exact) mass is 246 g/mol. The van der Waals surface area contributed by atoms with Gasteiger partial charge >= 0.3 is 6.18 Å². The molecule has 2 rings (SSSR count). The van der Waals surface area contributed by atoms with E-state index in [2.05, 4.69) is 0 Å². The Morgan fingerprint density at radius 2 is 2.06 bits per heavy atom. The van der Waals surface area contributed by atoms with Crippen LogP contribution in [0.4, 0.5) is 13.2 Å². The largest absolute Gasteiger partial charge is 0.497 e. The van der Waals surface area contributed by atoms with Crippen molar-refractivity contribution in [1.29, 1.82) is 0 Å². The smallest absolute Gasteiger partial charge is 0.421 e. The van der Waals surface area contributed by atoms with Crippen molar-refractivity contribution in [2.24, 2.45) is 0 Å². The lowest BCUT2D eigenvalue weighted by Gasteiger charge is -2.36. The predicted octanol–water partition coefficient (Wildman–Crippen LogP) is 2.78. The van der Waals surface area contributed by atoms with Gasteiger partial charge in [-0.2, -0.15) is 13.2 Å². The van der Waals surface area contributed by atoms with E-state index in [0.29, 0.717) is 24.2 Å². The molecule has 1 atom stereocenters. The molecule has 0 spiro atoms. The summed E-state index contributed by atoms with van der Waals surface area (Å²) in [5.41, 5.74) is -2.25. The summed E-state index contributed by atoms with van der Waals surface area (Å²) >= 11 is 0. The lowest BCUT2D eigenvalue weighted by atomic mass is 9.78. The van der Waals surface area contributed by atoms with E-state index < -0.39 is 11.8 Å². The molecule has 0 radical (unpaired) electrons. The molecule has 0 fully saturated rings. The molecule has 5 heteroatoms. The maximum atomic E-state index is 12.9. The molecule has 0 aliphatic heterocycles. The van der Waals surface area contributed by atoms with Gasteiger partial charge < -0.3 is 9.84 Å². The molecule has 0 unspecified atom stereocenters. The van der Waals surface area contributed by atoms with Gasteiger partial charge in [0.05, 0.1) is 7.11 Å². The minimum atomic E-state index is -4.64. The molecule has 0 heterocycles. The zero-order chi connectivity index (χ0) is 12.7. The van der Waals surface area contributed by atoms with Gasteiger partial charge in [-0.3, -0.25) is 0 Å². The first-order valence-corrected chi connectivity index (χ1v) is 5.35. The molecule has 0 aromatic heterocycles. The van der Waals surface area contributed by atoms with Crippen LogP contribution in [0.25, 0.3) is 0 Å². The van der Waals surface area contributed by atoms with Crippen molar-refractivity contribution < 1.29 is 23.0 Å². The SMILES string of the molecule is COc1ccc2c(c1)CCC[C@]2(O)C(F)(F)F. The molecule has 2 nitrogen and oxygen atoms in total. The Labute approximate surface area is 97.0 Å². The maximum Gasteiger partial charge on any atom is 0.421 e. The number of rotatable bonds is 1. The van der Waals surface area contributed by atoms with Crippen molar-refractivity contribution in [3.05, 3.63) is 29.3 Å². The van der Waals surface area contributed by atoms with Crippen LogP contribution in [-0.2, 0) is 12.0 Å². The lowest BCUT2D eigenvalue weighted by Crippen LogP contribution is -2.44. The highest BCUT2D eigenvalue weighted by Gasteiger charge is 2.56. The van der Waals surface area contributed by atoms with Gasteiger partial charge in [-0.15, -0.1) is 0 Å². The van der Waals surface area contributed by atoms with E-state index in [1.165, 1.54) is 19.2 Å². The number of methoxy groups -OCH3 is 1. The van der Waals surface area contributed by atoms with Crippen LogP contribution in [-0.4, -0.2) is 18.4 Å². The van der Waals surface area contributed by atoms with Crippen LogP contribution in [0.3, 0.4) is 0 Å². The topological polar surface area (TPSA) is 29.5 Å². The molecular weight excluding hydrogens is 233 g/mol. The highest BCUT2D eigenvalue weighted by Crippen LogP contribution is 2.47. The van der Waals surface area contributed by atoms with Gasteiger partial charge in [0.25, 0.3) is 0 Å². The summed E-state index contributed by atoms with van der Waals surface area (Å²) in [4.78, 5) is 0. The lowest BCUT2D eigenvalue weighted by molar-refractivity contribution is -0.271. The van der Waals surface area contributed by atoms with Gasteiger partial charge in [0, 0.05) is 0 Å². The number of aryl methyl sites for hydroxylation is 1. The van der Waals surface area contributed by atoms with Crippen LogP contribution in [0, 0.1) is 0 Å². The Bertz CT molecular complexity index is 428. The molecule has 17 heavy (non-hydrogen) atoms. The number of fused-ring (bicyclic) bond motifs is 1. The van der Waals surface area contributed by atoms with Gasteiger partial charge in [-0.25, -0.2) is 0 Å². The van der Waals surface area contributed by atoms with E-state index in [1.54, 1.807) is 6.07 Å². The van der Waals surface area contributed by atoms with Crippen LogP contribution >= 0.6 is 0 Å². The second-order valence-electron chi connectivity index (χ2n) is 4.23. The van der Waals surface area contributed by atoms with Gasteiger partial charge in [-0.05, 0) is 42.5 Å². The average Bonchev–Trinajstić information content (AvgIpc) is 2.27. The molecule has 0 amide bonds. The summed E-state index contributed by atoms with van der Waals surface area (Å²) < 4.78 is 43.7. The van der Waals surface area contributed by atoms with E-state index >= 15 is 0 Å². The Morgan fingerprint density at radius 1 is 1.35 bits per heavy atom. The number of benzene rings is 1. The maximum absolute atomic E-state index is 12.9. The van der Waals surface area contributed by atoms with Gasteiger partial charge in [0.1, 0.15) is 5.75 Å². The van der Waals surface area contributed by atoms with Crippen molar-refractivity contribution in [2.75, 3.05) is 7.11 Å². The number of ether oxygens (including phenoxy) is 1. The first kappa shape index (κ1) is 12.2. The van der Waals surface area contributed by atoms with E-state index in [9.17, 15) is 18.3 Å². The summed E-state index contributed by atoms with van der Waals surface area (Å²) in [7, 11) is 1.46. The minimum absolute atomic E-state index is 0.0444. The fraction of sp³-hybridized carbons (Fsp3) is 0.500. The van der Waals surface area contributed by atoms with Crippen molar-refractivity contribution in [1.82, 2.24) is 0 Å². The third-order valence-electron chi connectivity index (χ3n) is 3.21. The third kappa shape index (κ3) is 1.88. The first-order chi connectivity index (χ1) is 7.88. The number of aliphatic hydroxyl groups is 1. The third-order valence-corrected chi connectivity index (χ3v) is 3.21. The summed E-state index contributed by atoms with van der Waals surface area (Å²) in [5, 5.41) is 9.86. The summed E-state index contributed by atoms with van der Waals surface area (Å²) in [6, 6.07) is 4.31. The number of alkyl halides is 3. The second-order valence-corrected chi connectivity index (χ2v) is 4.23. The van der Waals surface area contributed by atoms with Crippen LogP contribution < -0.4 is 4.74 Å². The molecule has 1 N–H and O–H groups in total. The van der Waals surface area contributed by atoms with Crippen LogP contribution in [0.1, 0.15) is 24.0 Å². The molecule has 1 aromatic rings. The molecule has 0 bridgehead atoms. The van der Waals surface area contributed by atoms with Crippen molar-refractivity contribution in [2.45, 2.75) is 31.0 Å². The molecular formula is C12H13F3O2. The van der Waals surface area contributed by atoms with Gasteiger partial charge in [-0.1, -0.05) is 6.07 Å². The van der Waals surface area contributed by atoms with Crippen molar-refractivity contribution in [3.63, 3.8) is 0 Å². The summed E-state index contributed by atoms with van der Waals surface area (Å²) in [6.45, 7) is 0. The fourth-order valence-corrected chi connectivity index (χ4v) is 2.27. The standard InChI is InChI=1S/C12H13F3O2/c1-17-9-4-5-10-8(7-9)3-2-6-11(10,16)12(13,14)15/h4-5,7,16H,2-3,6H2,1H3/t11-/m1/s1. The quantitative estimate of drug-likeness (QED) is 0.825. The van der Waals surface area contributed by atoms with Crippen molar-refractivity contribution in [3.8, 4) is 5.75 Å². The van der Waals surface area contributed by atoms with Crippen LogP contribution in [0.2, 0.25) is 0 Å². The van der Waals surface area contributed by atoms with E-state index in [4.69, 9.17) is 4.74 Å². The van der Waals surface area contributed by atoms with Crippen molar-refractivity contribution >= 4 is 0 Å². The predicted molar refractivity (Wildman–Crippen MR) is 55.9 cm³/mol. The minimum Gasteiger partial charge on any atom is -0.497 e. The Hall–Kier alpha value is -1.23. The summed E-state index contributed by atoms with van der Waals surface area (Å²) in [5.74, 6) is 0.509. The fourth-order valence-electron chi connectivity index (χ4n) is 2.27. The van der Waals surface area contributed by atoms with E-state index in [0.717, 1.165) is 0 Å². The van der Waals surface area contributed by atoms with Gasteiger partial charge in [0.15, 0.2) is 5.60 Å². The van der Waals surface area contributed by atoms with Crippen LogP contribution in [0.5, 0.6) is 5.75 Å². The van der Waals surface area contributed by atoms with E-state index in [1.807, 2.05) is 0 Å². The molecule has 0 saturated carbocycles. The average molecular weight is 246 g/mol. The molecule has 94 valence electrons. The zero-order valence-corrected chi connectivity index (χ0v) is 9.34. The molecule has 1 aromatic carbocycles. The zero-order valence-electron chi connectivity index (χ0n) is 9.34. The second kappa shape index (κ2) is 3.91. The highest BCUT2D eigenvalue weighted by atomic mass is 19.4. The highest BCUT2D eigenvalue weighted by molar-refractivity contribution is 5.41. The number of halogens is 3. The van der Waals surface area contributed by atoms with Gasteiger partial charge in [0.2, 0.25) is 0 Å². The summed E-state index contributed by atoms with van der Waals surface area (Å²) in [6.07, 6.45) is -4.08. The molecule has 1 aliphatic carbocycles. The van der Waals surface area contributed by atoms with E-state index in [-0.39, 0.29) is 12.0 Å². The van der Waals surface area contributed by atoms with Crippen LogP contribution in [0.15, 0.2) is 18.2 Å². The normalized spacial score (nSPS) is 24.3.